The number of alkyl halides is 2. The smallest absolute Gasteiger partial charge is 0.263 e. The van der Waals surface area contributed by atoms with Crippen molar-refractivity contribution in [3.05, 3.63) is 47.5 Å². The summed E-state index contributed by atoms with van der Waals surface area (Å²) in [6.45, 7) is 1.53. The molecule has 2 aromatic carbocycles. The van der Waals surface area contributed by atoms with Crippen molar-refractivity contribution in [2.75, 3.05) is 0 Å². The number of Topliss-reactive ketones (excluding diaryl/α,β-unsaturated/α-hetero) is 1. The molecule has 0 bridgehead atoms. The van der Waals surface area contributed by atoms with Gasteiger partial charge in [-0.1, -0.05) is 30.3 Å². The van der Waals surface area contributed by atoms with Gasteiger partial charge in [-0.2, -0.15) is 0 Å². The van der Waals surface area contributed by atoms with E-state index < -0.39 is 6.43 Å². The fraction of sp³-hybridized carbons (Fsp3) is 0.214. The Morgan fingerprint density at radius 1 is 1.12 bits per heavy atom. The molecule has 0 N–H and O–H groups in total. The molecule has 0 atom stereocenters. The molecule has 17 heavy (non-hydrogen) atoms. The summed E-state index contributed by atoms with van der Waals surface area (Å²) >= 11 is 0. The topological polar surface area (TPSA) is 17.1 Å². The van der Waals surface area contributed by atoms with Gasteiger partial charge in [-0.25, -0.2) is 8.78 Å². The summed E-state index contributed by atoms with van der Waals surface area (Å²) < 4.78 is 25.0. The third-order valence-electron chi connectivity index (χ3n) is 2.63. The lowest BCUT2D eigenvalue weighted by molar-refractivity contribution is -0.116. The number of ketones is 1. The molecule has 2 rings (SSSR count). The van der Waals surface area contributed by atoms with Crippen LogP contribution in [0, 0.1) is 0 Å². The Balaban J connectivity index is 2.43. The van der Waals surface area contributed by atoms with Crippen LogP contribution in [0.5, 0.6) is 0 Å². The second-order valence-electron chi connectivity index (χ2n) is 4.12. The van der Waals surface area contributed by atoms with Crippen molar-refractivity contribution < 1.29 is 13.6 Å². The van der Waals surface area contributed by atoms with E-state index in [4.69, 9.17) is 0 Å². The van der Waals surface area contributed by atoms with Gasteiger partial charge in [-0.15, -0.1) is 0 Å². The molecule has 0 aromatic heterocycles. The largest absolute Gasteiger partial charge is 0.300 e. The molecular weight excluding hydrogens is 222 g/mol. The van der Waals surface area contributed by atoms with Gasteiger partial charge in [-0.3, -0.25) is 4.79 Å². The maximum atomic E-state index is 12.5. The van der Waals surface area contributed by atoms with E-state index in [1.807, 2.05) is 6.07 Å². The lowest BCUT2D eigenvalue weighted by Gasteiger charge is -2.04. The Labute approximate surface area is 98.1 Å². The Bertz CT molecular complexity index is 561. The van der Waals surface area contributed by atoms with Crippen LogP contribution in [0.2, 0.25) is 0 Å². The summed E-state index contributed by atoms with van der Waals surface area (Å²) in [4.78, 5) is 11.0. The van der Waals surface area contributed by atoms with Gasteiger partial charge < -0.3 is 0 Å². The average molecular weight is 234 g/mol. The maximum Gasteiger partial charge on any atom is 0.263 e. The van der Waals surface area contributed by atoms with E-state index in [0.29, 0.717) is 6.42 Å². The third-order valence-corrected chi connectivity index (χ3v) is 2.63. The first-order valence-corrected chi connectivity index (χ1v) is 5.36. The van der Waals surface area contributed by atoms with E-state index in [9.17, 15) is 13.6 Å². The number of benzene rings is 2. The van der Waals surface area contributed by atoms with Crippen molar-refractivity contribution in [2.24, 2.45) is 0 Å². The average Bonchev–Trinajstić information content (AvgIpc) is 2.27. The van der Waals surface area contributed by atoms with Crippen LogP contribution in [0.3, 0.4) is 0 Å². The Hall–Kier alpha value is -1.77. The first kappa shape index (κ1) is 11.7. The predicted molar refractivity (Wildman–Crippen MR) is 63.3 cm³/mol. The van der Waals surface area contributed by atoms with Crippen molar-refractivity contribution in [3.63, 3.8) is 0 Å². The first-order valence-electron chi connectivity index (χ1n) is 5.36. The number of fused-ring (bicyclic) bond motifs is 1. The van der Waals surface area contributed by atoms with E-state index in [2.05, 4.69) is 0 Å². The van der Waals surface area contributed by atoms with Gasteiger partial charge >= 0.3 is 0 Å². The minimum atomic E-state index is -2.45. The van der Waals surface area contributed by atoms with Gasteiger partial charge in [0.1, 0.15) is 5.78 Å². The van der Waals surface area contributed by atoms with Crippen molar-refractivity contribution in [1.29, 1.82) is 0 Å². The van der Waals surface area contributed by atoms with Crippen LogP contribution < -0.4 is 0 Å². The molecule has 0 unspecified atom stereocenters. The first-order chi connectivity index (χ1) is 8.06. The minimum absolute atomic E-state index is 0.0248. The molecule has 0 saturated carbocycles. The molecule has 0 fully saturated rings. The van der Waals surface area contributed by atoms with Gasteiger partial charge in [0, 0.05) is 12.0 Å². The van der Waals surface area contributed by atoms with Gasteiger partial charge in [0.25, 0.3) is 6.43 Å². The van der Waals surface area contributed by atoms with Crippen LogP contribution in [0.1, 0.15) is 24.5 Å². The van der Waals surface area contributed by atoms with Gasteiger partial charge in [0.15, 0.2) is 0 Å². The number of carbonyl (C=O) groups excluding carboxylic acids is 1. The van der Waals surface area contributed by atoms with Gasteiger partial charge in [-0.05, 0) is 29.3 Å². The highest BCUT2D eigenvalue weighted by Crippen LogP contribution is 2.24. The molecule has 0 aliphatic heterocycles. The zero-order valence-corrected chi connectivity index (χ0v) is 9.41. The van der Waals surface area contributed by atoms with Gasteiger partial charge in [0.05, 0.1) is 0 Å². The zero-order valence-electron chi connectivity index (χ0n) is 9.41. The summed E-state index contributed by atoms with van der Waals surface area (Å²) in [5, 5.41) is 1.66. The normalized spacial score (nSPS) is 11.1. The molecule has 88 valence electrons. The second-order valence-corrected chi connectivity index (χ2v) is 4.12. The Morgan fingerprint density at radius 2 is 1.76 bits per heavy atom. The molecule has 0 heterocycles. The standard InChI is InChI=1S/C14H12F2O/c1-9(17)6-10-2-3-12-8-13(14(15)16)5-4-11(12)7-10/h2-5,7-8,14H,6H2,1H3. The van der Waals surface area contributed by atoms with E-state index in [-0.39, 0.29) is 11.3 Å². The van der Waals surface area contributed by atoms with Crippen molar-refractivity contribution in [1.82, 2.24) is 0 Å². The van der Waals surface area contributed by atoms with E-state index in [0.717, 1.165) is 16.3 Å². The molecular formula is C14H12F2O. The molecule has 0 aliphatic carbocycles. The predicted octanol–water partition coefficient (Wildman–Crippen LogP) is 3.91. The summed E-state index contributed by atoms with van der Waals surface area (Å²) in [5.41, 5.74) is 0.937. The Kier molecular flexibility index (Phi) is 3.18. The fourth-order valence-electron chi connectivity index (χ4n) is 1.85. The van der Waals surface area contributed by atoms with Crippen molar-refractivity contribution in [3.8, 4) is 0 Å². The molecule has 2 aromatic rings. The maximum absolute atomic E-state index is 12.5. The molecule has 0 saturated heterocycles. The van der Waals surface area contributed by atoms with Crippen molar-refractivity contribution in [2.45, 2.75) is 19.8 Å². The van der Waals surface area contributed by atoms with Gasteiger partial charge in [0.2, 0.25) is 0 Å². The van der Waals surface area contributed by atoms with Crippen molar-refractivity contribution >= 4 is 16.6 Å². The number of halogens is 2. The SMILES string of the molecule is CC(=O)Cc1ccc2cc(C(F)F)ccc2c1. The lowest BCUT2D eigenvalue weighted by Crippen LogP contribution is -1.95. The van der Waals surface area contributed by atoms with E-state index >= 15 is 0 Å². The summed E-state index contributed by atoms with van der Waals surface area (Å²) in [7, 11) is 0. The van der Waals surface area contributed by atoms with Crippen LogP contribution in [0.15, 0.2) is 36.4 Å². The summed E-state index contributed by atoms with van der Waals surface area (Å²) in [5.74, 6) is 0.0913. The molecule has 1 nitrogen and oxygen atoms in total. The fourth-order valence-corrected chi connectivity index (χ4v) is 1.85. The van der Waals surface area contributed by atoms with E-state index in [1.54, 1.807) is 18.2 Å². The number of hydrogen-bond acceptors (Lipinski definition) is 1. The minimum Gasteiger partial charge on any atom is -0.300 e. The highest BCUT2D eigenvalue weighted by molar-refractivity contribution is 5.86. The van der Waals surface area contributed by atoms with Crippen LogP contribution in [0.25, 0.3) is 10.8 Å². The van der Waals surface area contributed by atoms with E-state index in [1.165, 1.54) is 19.1 Å². The van der Waals surface area contributed by atoms with Crippen LogP contribution in [0.4, 0.5) is 8.78 Å². The number of carbonyl (C=O) groups is 1. The Morgan fingerprint density at radius 3 is 2.41 bits per heavy atom. The molecule has 0 aliphatic rings. The molecule has 0 amide bonds. The second kappa shape index (κ2) is 4.62. The van der Waals surface area contributed by atoms with Crippen LogP contribution in [-0.4, -0.2) is 5.78 Å². The molecule has 0 spiro atoms. The summed E-state index contributed by atoms with van der Waals surface area (Å²) in [6.07, 6.45) is -2.07. The lowest BCUT2D eigenvalue weighted by atomic mass is 10.0. The summed E-state index contributed by atoms with van der Waals surface area (Å²) in [6, 6.07) is 10.0. The quantitative estimate of drug-likeness (QED) is 0.786. The van der Waals surface area contributed by atoms with Crippen LogP contribution in [-0.2, 0) is 11.2 Å². The highest BCUT2D eigenvalue weighted by atomic mass is 19.3. The monoisotopic (exact) mass is 234 g/mol. The number of hydrogen-bond donors (Lipinski definition) is 0. The highest BCUT2D eigenvalue weighted by Gasteiger charge is 2.07. The number of rotatable bonds is 3. The third kappa shape index (κ3) is 2.67. The zero-order chi connectivity index (χ0) is 12.4. The molecule has 0 radical (unpaired) electrons. The molecule has 3 heteroatoms. The van der Waals surface area contributed by atoms with Crippen LogP contribution >= 0.6 is 0 Å².